The van der Waals surface area contributed by atoms with Gasteiger partial charge < -0.3 is 4.57 Å². The van der Waals surface area contributed by atoms with Crippen molar-refractivity contribution in [2.75, 3.05) is 0 Å². The van der Waals surface area contributed by atoms with E-state index in [1.807, 2.05) is 42.3 Å². The maximum absolute atomic E-state index is 5.58. The highest BCUT2D eigenvalue weighted by molar-refractivity contribution is 5.13. The minimum Gasteiger partial charge on any atom is -0.338 e. The van der Waals surface area contributed by atoms with Crippen LogP contribution in [0.1, 0.15) is 23.9 Å². The molecular weight excluding hydrogens is 214 g/mol. The zero-order valence-electron chi connectivity index (χ0n) is 9.87. The molecule has 17 heavy (non-hydrogen) atoms. The van der Waals surface area contributed by atoms with Crippen LogP contribution in [0.25, 0.3) is 0 Å². The molecule has 5 heteroatoms. The third-order valence-corrected chi connectivity index (χ3v) is 2.87. The van der Waals surface area contributed by atoms with E-state index in [-0.39, 0.29) is 6.04 Å². The molecule has 0 saturated heterocycles. The summed E-state index contributed by atoms with van der Waals surface area (Å²) in [7, 11) is 2.00. The van der Waals surface area contributed by atoms with Crippen molar-refractivity contribution in [3.05, 3.63) is 48.3 Å². The van der Waals surface area contributed by atoms with Gasteiger partial charge in [0.05, 0.1) is 0 Å². The standard InChI is InChI=1S/C12H17N5/c1-17-8-7-15-12(17)5-4-11(16-13)10-3-2-6-14-9-10/h2-3,6-9,11,16H,4-5,13H2,1H3. The van der Waals surface area contributed by atoms with Crippen LogP contribution in [-0.4, -0.2) is 14.5 Å². The summed E-state index contributed by atoms with van der Waals surface area (Å²) in [6.07, 6.45) is 9.13. The average Bonchev–Trinajstić information content (AvgIpc) is 2.77. The Morgan fingerprint density at radius 2 is 2.35 bits per heavy atom. The van der Waals surface area contributed by atoms with E-state index in [1.54, 1.807) is 6.20 Å². The van der Waals surface area contributed by atoms with Crippen LogP contribution < -0.4 is 11.3 Å². The van der Waals surface area contributed by atoms with Gasteiger partial charge in [-0.2, -0.15) is 0 Å². The second-order valence-electron chi connectivity index (χ2n) is 4.00. The molecular formula is C12H17N5. The summed E-state index contributed by atoms with van der Waals surface area (Å²) in [4.78, 5) is 8.39. The lowest BCUT2D eigenvalue weighted by molar-refractivity contribution is 0.505. The van der Waals surface area contributed by atoms with Gasteiger partial charge in [0, 0.05) is 44.3 Å². The highest BCUT2D eigenvalue weighted by atomic mass is 15.2. The second-order valence-corrected chi connectivity index (χ2v) is 4.00. The molecule has 90 valence electrons. The zero-order valence-corrected chi connectivity index (χ0v) is 9.87. The van der Waals surface area contributed by atoms with Crippen LogP contribution >= 0.6 is 0 Å². The van der Waals surface area contributed by atoms with Crippen molar-refractivity contribution in [2.24, 2.45) is 12.9 Å². The largest absolute Gasteiger partial charge is 0.338 e. The Labute approximate surface area is 101 Å². The Morgan fingerprint density at radius 1 is 1.47 bits per heavy atom. The van der Waals surface area contributed by atoms with E-state index in [9.17, 15) is 0 Å². The fourth-order valence-corrected chi connectivity index (χ4v) is 1.84. The number of aryl methyl sites for hydroxylation is 2. The third kappa shape index (κ3) is 2.89. The molecule has 0 aliphatic rings. The minimum absolute atomic E-state index is 0.111. The predicted octanol–water partition coefficient (Wildman–Crippen LogP) is 0.952. The van der Waals surface area contributed by atoms with E-state index in [0.717, 1.165) is 24.2 Å². The van der Waals surface area contributed by atoms with Crippen LogP contribution in [0.15, 0.2) is 36.9 Å². The SMILES string of the molecule is Cn1ccnc1CCC(NN)c1cccnc1. The van der Waals surface area contributed by atoms with Gasteiger partial charge in [0.1, 0.15) is 5.82 Å². The lowest BCUT2D eigenvalue weighted by atomic mass is 10.0. The number of hydrazine groups is 1. The molecule has 3 N–H and O–H groups in total. The van der Waals surface area contributed by atoms with Gasteiger partial charge in [0.2, 0.25) is 0 Å². The Kier molecular flexibility index (Phi) is 3.85. The number of imidazole rings is 1. The third-order valence-electron chi connectivity index (χ3n) is 2.87. The lowest BCUT2D eigenvalue weighted by Crippen LogP contribution is -2.28. The van der Waals surface area contributed by atoms with E-state index < -0.39 is 0 Å². The van der Waals surface area contributed by atoms with Crippen LogP contribution in [0.5, 0.6) is 0 Å². The molecule has 2 rings (SSSR count). The van der Waals surface area contributed by atoms with E-state index >= 15 is 0 Å². The average molecular weight is 231 g/mol. The monoisotopic (exact) mass is 231 g/mol. The predicted molar refractivity (Wildman–Crippen MR) is 65.8 cm³/mol. The Hall–Kier alpha value is -1.72. The second kappa shape index (κ2) is 5.56. The number of nitrogens with one attached hydrogen (secondary N) is 1. The molecule has 2 aromatic rings. The Morgan fingerprint density at radius 3 is 2.94 bits per heavy atom. The summed E-state index contributed by atoms with van der Waals surface area (Å²) in [5, 5.41) is 0. The summed E-state index contributed by atoms with van der Waals surface area (Å²) in [6.45, 7) is 0. The number of pyridine rings is 1. The maximum atomic E-state index is 5.58. The highest BCUT2D eigenvalue weighted by Crippen LogP contribution is 2.16. The van der Waals surface area contributed by atoms with Gasteiger partial charge in [-0.3, -0.25) is 16.3 Å². The number of rotatable bonds is 5. The quantitative estimate of drug-likeness (QED) is 0.594. The van der Waals surface area contributed by atoms with Gasteiger partial charge in [-0.1, -0.05) is 6.07 Å². The molecule has 1 atom stereocenters. The number of hydrogen-bond acceptors (Lipinski definition) is 4. The Bertz CT molecular complexity index is 451. The number of nitrogens with two attached hydrogens (primary N) is 1. The first-order chi connectivity index (χ1) is 8.31. The van der Waals surface area contributed by atoms with Crippen molar-refractivity contribution < 1.29 is 0 Å². The highest BCUT2D eigenvalue weighted by Gasteiger charge is 2.10. The van der Waals surface area contributed by atoms with Crippen LogP contribution in [0.2, 0.25) is 0 Å². The topological polar surface area (TPSA) is 68.8 Å². The molecule has 0 spiro atoms. The molecule has 5 nitrogen and oxygen atoms in total. The van der Waals surface area contributed by atoms with Crippen molar-refractivity contribution in [1.29, 1.82) is 0 Å². The first kappa shape index (κ1) is 11.8. The summed E-state index contributed by atoms with van der Waals surface area (Å²) < 4.78 is 2.02. The van der Waals surface area contributed by atoms with Crippen LogP contribution in [0.4, 0.5) is 0 Å². The fraction of sp³-hybridized carbons (Fsp3) is 0.333. The van der Waals surface area contributed by atoms with Crippen molar-refractivity contribution in [2.45, 2.75) is 18.9 Å². The van der Waals surface area contributed by atoms with E-state index in [2.05, 4.69) is 15.4 Å². The smallest absolute Gasteiger partial charge is 0.108 e. The molecule has 2 heterocycles. The van der Waals surface area contributed by atoms with E-state index in [4.69, 9.17) is 5.84 Å². The van der Waals surface area contributed by atoms with Crippen LogP contribution in [-0.2, 0) is 13.5 Å². The van der Waals surface area contributed by atoms with Crippen molar-refractivity contribution >= 4 is 0 Å². The first-order valence-corrected chi connectivity index (χ1v) is 5.63. The van der Waals surface area contributed by atoms with E-state index in [0.29, 0.717) is 0 Å². The summed E-state index contributed by atoms with van der Waals surface area (Å²) >= 11 is 0. The minimum atomic E-state index is 0.111. The molecule has 0 aromatic carbocycles. The number of aromatic nitrogens is 3. The maximum Gasteiger partial charge on any atom is 0.108 e. The van der Waals surface area contributed by atoms with E-state index in [1.165, 1.54) is 0 Å². The van der Waals surface area contributed by atoms with Crippen LogP contribution in [0, 0.1) is 0 Å². The molecule has 0 aliphatic heterocycles. The number of nitrogens with zero attached hydrogens (tertiary/aromatic N) is 3. The molecule has 0 amide bonds. The number of hydrogen-bond donors (Lipinski definition) is 2. The fourth-order valence-electron chi connectivity index (χ4n) is 1.84. The van der Waals surface area contributed by atoms with Gasteiger partial charge in [0.25, 0.3) is 0 Å². The summed E-state index contributed by atoms with van der Waals surface area (Å²) in [6, 6.07) is 4.05. The van der Waals surface area contributed by atoms with Gasteiger partial charge >= 0.3 is 0 Å². The molecule has 1 unspecified atom stereocenters. The molecule has 2 aromatic heterocycles. The van der Waals surface area contributed by atoms with Gasteiger partial charge in [-0.15, -0.1) is 0 Å². The molecule has 0 fully saturated rings. The summed E-state index contributed by atoms with van der Waals surface area (Å²) in [5.74, 6) is 6.64. The van der Waals surface area contributed by atoms with Crippen molar-refractivity contribution in [3.63, 3.8) is 0 Å². The zero-order chi connectivity index (χ0) is 12.1. The molecule has 0 bridgehead atoms. The lowest BCUT2D eigenvalue weighted by Gasteiger charge is -2.15. The first-order valence-electron chi connectivity index (χ1n) is 5.63. The van der Waals surface area contributed by atoms with Gasteiger partial charge in [-0.05, 0) is 18.1 Å². The van der Waals surface area contributed by atoms with Gasteiger partial charge in [0.15, 0.2) is 0 Å². The summed E-state index contributed by atoms with van der Waals surface area (Å²) in [5.41, 5.74) is 3.92. The molecule has 0 saturated carbocycles. The van der Waals surface area contributed by atoms with Crippen molar-refractivity contribution in [1.82, 2.24) is 20.0 Å². The Balaban J connectivity index is 1.99. The molecule has 0 radical (unpaired) electrons. The van der Waals surface area contributed by atoms with Crippen molar-refractivity contribution in [3.8, 4) is 0 Å². The normalized spacial score (nSPS) is 12.6. The van der Waals surface area contributed by atoms with Crippen LogP contribution in [0.3, 0.4) is 0 Å². The molecule has 0 aliphatic carbocycles. The van der Waals surface area contributed by atoms with Gasteiger partial charge in [-0.25, -0.2) is 4.98 Å².